The fourth-order valence-corrected chi connectivity index (χ4v) is 2.09. The normalized spacial score (nSPS) is 13.2. The molecule has 0 bridgehead atoms. The summed E-state index contributed by atoms with van der Waals surface area (Å²) in [4.78, 5) is 11.9. The van der Waals surface area contributed by atoms with Crippen molar-refractivity contribution < 1.29 is 23.7 Å². The molecule has 0 saturated heterocycles. The molecule has 0 aromatic heterocycles. The highest BCUT2D eigenvalue weighted by Gasteiger charge is 2.19. The Morgan fingerprint density at radius 2 is 2.00 bits per heavy atom. The molecule has 5 nitrogen and oxygen atoms in total. The maximum Gasteiger partial charge on any atom is 0.337 e. The minimum atomic E-state index is -0.417. The molecule has 1 heterocycles. The SMILES string of the molecule is CCOC=C(Cc1cc2c(cc1Cl)OCO2)C(=O)OCC. The molecule has 0 saturated carbocycles. The van der Waals surface area contributed by atoms with E-state index >= 15 is 0 Å². The summed E-state index contributed by atoms with van der Waals surface area (Å²) in [6.45, 7) is 4.54. The van der Waals surface area contributed by atoms with Crippen molar-refractivity contribution in [2.45, 2.75) is 20.3 Å². The predicted molar refractivity (Wildman–Crippen MR) is 77.6 cm³/mol. The van der Waals surface area contributed by atoms with Crippen molar-refractivity contribution in [2.24, 2.45) is 0 Å². The van der Waals surface area contributed by atoms with Gasteiger partial charge in [-0.2, -0.15) is 0 Å². The van der Waals surface area contributed by atoms with Crippen molar-refractivity contribution in [1.82, 2.24) is 0 Å². The molecule has 0 atom stereocenters. The second-order valence-electron chi connectivity index (χ2n) is 4.29. The van der Waals surface area contributed by atoms with Crippen LogP contribution >= 0.6 is 11.6 Å². The Morgan fingerprint density at radius 1 is 1.29 bits per heavy atom. The summed E-state index contributed by atoms with van der Waals surface area (Å²) in [5.41, 5.74) is 1.15. The Labute approximate surface area is 128 Å². The number of halogens is 1. The van der Waals surface area contributed by atoms with Crippen LogP contribution in [0.15, 0.2) is 24.0 Å². The Kier molecular flexibility index (Phi) is 5.33. The topological polar surface area (TPSA) is 54.0 Å². The van der Waals surface area contributed by atoms with Gasteiger partial charge in [-0.05, 0) is 25.5 Å². The molecule has 1 aliphatic heterocycles. The van der Waals surface area contributed by atoms with E-state index in [-0.39, 0.29) is 6.79 Å². The summed E-state index contributed by atoms with van der Waals surface area (Å²) < 4.78 is 20.8. The van der Waals surface area contributed by atoms with Crippen LogP contribution in [0.4, 0.5) is 0 Å². The van der Waals surface area contributed by atoms with Crippen molar-refractivity contribution in [2.75, 3.05) is 20.0 Å². The zero-order valence-corrected chi connectivity index (χ0v) is 12.7. The standard InChI is InChI=1S/C15H17ClO5/c1-3-18-8-11(15(17)19-4-2)5-10-6-13-14(7-12(10)16)21-9-20-13/h6-8H,3-5,9H2,1-2H3. The average molecular weight is 313 g/mol. The third-order valence-electron chi connectivity index (χ3n) is 2.85. The molecule has 21 heavy (non-hydrogen) atoms. The van der Waals surface area contributed by atoms with Gasteiger partial charge >= 0.3 is 5.97 Å². The van der Waals surface area contributed by atoms with E-state index in [1.807, 2.05) is 6.92 Å². The van der Waals surface area contributed by atoms with Gasteiger partial charge in [-0.25, -0.2) is 4.79 Å². The maximum absolute atomic E-state index is 11.9. The lowest BCUT2D eigenvalue weighted by Crippen LogP contribution is -2.11. The highest BCUT2D eigenvalue weighted by molar-refractivity contribution is 6.31. The number of hydrogen-bond acceptors (Lipinski definition) is 5. The number of carbonyl (C=O) groups is 1. The van der Waals surface area contributed by atoms with Crippen LogP contribution in [-0.2, 0) is 20.7 Å². The number of esters is 1. The van der Waals surface area contributed by atoms with E-state index < -0.39 is 5.97 Å². The zero-order chi connectivity index (χ0) is 15.2. The van der Waals surface area contributed by atoms with Gasteiger partial charge in [0.25, 0.3) is 0 Å². The first kappa shape index (κ1) is 15.5. The van der Waals surface area contributed by atoms with E-state index in [1.54, 1.807) is 19.1 Å². The Hall–Kier alpha value is -1.88. The fraction of sp³-hybridized carbons (Fsp3) is 0.400. The molecule has 0 radical (unpaired) electrons. The molecule has 114 valence electrons. The molecule has 0 amide bonds. The first-order valence-electron chi connectivity index (χ1n) is 6.71. The van der Waals surface area contributed by atoms with E-state index in [0.717, 1.165) is 5.56 Å². The lowest BCUT2D eigenvalue weighted by Gasteiger charge is -2.09. The fourth-order valence-electron chi connectivity index (χ4n) is 1.87. The van der Waals surface area contributed by atoms with Gasteiger partial charge in [0, 0.05) is 17.5 Å². The zero-order valence-electron chi connectivity index (χ0n) is 12.0. The first-order chi connectivity index (χ1) is 10.2. The highest BCUT2D eigenvalue weighted by Crippen LogP contribution is 2.37. The van der Waals surface area contributed by atoms with Gasteiger partial charge in [0.2, 0.25) is 6.79 Å². The smallest absolute Gasteiger partial charge is 0.337 e. The molecule has 0 aliphatic carbocycles. The van der Waals surface area contributed by atoms with Gasteiger partial charge in [-0.15, -0.1) is 0 Å². The van der Waals surface area contributed by atoms with Crippen LogP contribution < -0.4 is 9.47 Å². The van der Waals surface area contributed by atoms with Crippen LogP contribution in [0.5, 0.6) is 11.5 Å². The summed E-state index contributed by atoms with van der Waals surface area (Å²) in [7, 11) is 0. The van der Waals surface area contributed by atoms with Crippen molar-refractivity contribution in [3.8, 4) is 11.5 Å². The maximum atomic E-state index is 11.9. The van der Waals surface area contributed by atoms with Crippen LogP contribution in [0.2, 0.25) is 5.02 Å². The van der Waals surface area contributed by atoms with E-state index in [2.05, 4.69) is 0 Å². The van der Waals surface area contributed by atoms with Crippen LogP contribution in [0.3, 0.4) is 0 Å². The molecular formula is C15H17ClO5. The second kappa shape index (κ2) is 7.22. The molecule has 0 spiro atoms. The second-order valence-corrected chi connectivity index (χ2v) is 4.70. The van der Waals surface area contributed by atoms with E-state index in [0.29, 0.717) is 41.7 Å². The first-order valence-corrected chi connectivity index (χ1v) is 7.09. The average Bonchev–Trinajstić information content (AvgIpc) is 2.90. The number of hydrogen-bond donors (Lipinski definition) is 0. The van der Waals surface area contributed by atoms with Crippen molar-refractivity contribution >= 4 is 17.6 Å². The molecule has 1 aromatic carbocycles. The van der Waals surface area contributed by atoms with E-state index in [1.165, 1.54) is 6.26 Å². The summed E-state index contributed by atoms with van der Waals surface area (Å²) in [6.07, 6.45) is 1.72. The van der Waals surface area contributed by atoms with Gasteiger partial charge in [-0.3, -0.25) is 0 Å². The van der Waals surface area contributed by atoms with Gasteiger partial charge < -0.3 is 18.9 Å². The van der Waals surface area contributed by atoms with Gasteiger partial charge in [-0.1, -0.05) is 11.6 Å². The lowest BCUT2D eigenvalue weighted by molar-refractivity contribution is -0.138. The van der Waals surface area contributed by atoms with Crippen molar-refractivity contribution in [1.29, 1.82) is 0 Å². The summed E-state index contributed by atoms with van der Waals surface area (Å²) in [6, 6.07) is 3.45. The third-order valence-corrected chi connectivity index (χ3v) is 3.20. The summed E-state index contributed by atoms with van der Waals surface area (Å²) >= 11 is 6.21. The minimum Gasteiger partial charge on any atom is -0.501 e. The number of rotatable bonds is 6. The molecule has 0 fully saturated rings. The van der Waals surface area contributed by atoms with Gasteiger partial charge in [0.15, 0.2) is 11.5 Å². The van der Waals surface area contributed by atoms with E-state index in [4.69, 9.17) is 30.5 Å². The Balaban J connectivity index is 2.22. The monoisotopic (exact) mass is 312 g/mol. The van der Waals surface area contributed by atoms with Crippen LogP contribution in [-0.4, -0.2) is 26.0 Å². The summed E-state index contributed by atoms with van der Waals surface area (Å²) in [5, 5.41) is 0.506. The number of carbonyl (C=O) groups excluding carboxylic acids is 1. The molecule has 2 rings (SSSR count). The van der Waals surface area contributed by atoms with Crippen molar-refractivity contribution in [3.05, 3.63) is 34.6 Å². The van der Waals surface area contributed by atoms with Crippen molar-refractivity contribution in [3.63, 3.8) is 0 Å². The Bertz CT molecular complexity index is 553. The van der Waals surface area contributed by atoms with E-state index in [9.17, 15) is 4.79 Å². The highest BCUT2D eigenvalue weighted by atomic mass is 35.5. The van der Waals surface area contributed by atoms with Crippen LogP contribution in [0, 0.1) is 0 Å². The minimum absolute atomic E-state index is 0.175. The largest absolute Gasteiger partial charge is 0.501 e. The molecule has 0 N–H and O–H groups in total. The molecule has 1 aromatic rings. The predicted octanol–water partition coefficient (Wildman–Crippen LogP) is 3.09. The lowest BCUT2D eigenvalue weighted by atomic mass is 10.1. The molecule has 6 heteroatoms. The number of ether oxygens (including phenoxy) is 4. The quantitative estimate of drug-likeness (QED) is 0.459. The third kappa shape index (κ3) is 3.82. The Morgan fingerprint density at radius 3 is 2.67 bits per heavy atom. The molecular weight excluding hydrogens is 296 g/mol. The molecule has 0 unspecified atom stereocenters. The van der Waals surface area contributed by atoms with Gasteiger partial charge in [0.1, 0.15) is 0 Å². The van der Waals surface area contributed by atoms with Gasteiger partial charge in [0.05, 0.1) is 25.0 Å². The van der Waals surface area contributed by atoms with Crippen LogP contribution in [0.25, 0.3) is 0 Å². The summed E-state index contributed by atoms with van der Waals surface area (Å²) in [5.74, 6) is 0.809. The number of fused-ring (bicyclic) bond motifs is 1. The van der Waals surface area contributed by atoms with Crippen LogP contribution in [0.1, 0.15) is 19.4 Å². The molecule has 1 aliphatic rings. The number of benzene rings is 1.